The molecule has 0 aliphatic carbocycles. The van der Waals surface area contributed by atoms with Gasteiger partial charge in [0.25, 0.3) is 0 Å². The Balaban J connectivity index is 1.92. The second kappa shape index (κ2) is 7.80. The predicted molar refractivity (Wildman–Crippen MR) is 100 cm³/mol. The van der Waals surface area contributed by atoms with Crippen LogP contribution in [0.4, 0.5) is 13.2 Å². The molecule has 28 heavy (non-hydrogen) atoms. The van der Waals surface area contributed by atoms with Crippen molar-refractivity contribution in [2.24, 2.45) is 21.5 Å². The van der Waals surface area contributed by atoms with Gasteiger partial charge in [0.1, 0.15) is 5.84 Å². The van der Waals surface area contributed by atoms with Crippen LogP contribution in [0, 0.1) is 0 Å². The first-order valence-electron chi connectivity index (χ1n) is 7.94. The third-order valence-electron chi connectivity index (χ3n) is 3.89. The third kappa shape index (κ3) is 4.45. The second-order valence-corrected chi connectivity index (χ2v) is 6.72. The van der Waals surface area contributed by atoms with E-state index in [2.05, 4.69) is 14.8 Å². The molecule has 7 nitrogen and oxygen atoms in total. The Labute approximate surface area is 168 Å². The molecule has 0 saturated heterocycles. The molecule has 5 N–H and O–H groups in total. The molecule has 1 aromatic rings. The Kier molecular flexibility index (Phi) is 5.61. The number of nitrogens with one attached hydrogen (secondary N) is 1. The Bertz CT molecular complexity index is 910. The number of allylic oxidation sites excluding steroid dienone is 1. The molecule has 0 fully saturated rings. The van der Waals surface area contributed by atoms with Crippen molar-refractivity contribution in [2.45, 2.75) is 12.7 Å². The van der Waals surface area contributed by atoms with Gasteiger partial charge in [0.2, 0.25) is 0 Å². The summed E-state index contributed by atoms with van der Waals surface area (Å²) in [5.74, 6) is -1.53. The van der Waals surface area contributed by atoms with Crippen LogP contribution in [0.2, 0.25) is 10.0 Å². The molecule has 2 aliphatic heterocycles. The maximum Gasteiger partial charge on any atom is 0.471 e. The van der Waals surface area contributed by atoms with Crippen LogP contribution in [0.25, 0.3) is 0 Å². The fraction of sp³-hybridized carbons (Fsp3) is 0.250. The highest BCUT2D eigenvalue weighted by Crippen LogP contribution is 2.26. The van der Waals surface area contributed by atoms with Crippen LogP contribution in [0.3, 0.4) is 0 Å². The quantitative estimate of drug-likeness (QED) is 0.678. The average molecular weight is 435 g/mol. The Morgan fingerprint density at radius 1 is 1.36 bits per heavy atom. The van der Waals surface area contributed by atoms with Crippen LogP contribution in [0.5, 0.6) is 0 Å². The number of aliphatic imine (C=N–C) groups is 2. The summed E-state index contributed by atoms with van der Waals surface area (Å²) in [5.41, 5.74) is 15.0. The van der Waals surface area contributed by atoms with E-state index < -0.39 is 12.1 Å². The van der Waals surface area contributed by atoms with Crippen LogP contribution in [0.15, 0.2) is 51.5 Å². The molecule has 0 bridgehead atoms. The molecule has 150 valence electrons. The van der Waals surface area contributed by atoms with Gasteiger partial charge >= 0.3 is 12.1 Å². The zero-order valence-corrected chi connectivity index (χ0v) is 15.7. The number of nitrogens with zero attached hydrogens (tertiary/aromatic N) is 3. The van der Waals surface area contributed by atoms with E-state index in [4.69, 9.17) is 34.7 Å². The number of alkyl halides is 3. The van der Waals surface area contributed by atoms with Crippen molar-refractivity contribution in [1.29, 1.82) is 0 Å². The predicted octanol–water partition coefficient (Wildman–Crippen LogP) is 2.67. The number of hydrogen-bond acceptors (Lipinski definition) is 7. The summed E-state index contributed by atoms with van der Waals surface area (Å²) in [4.78, 5) is 13.6. The molecule has 12 heteroatoms. The number of rotatable bonds is 3. The van der Waals surface area contributed by atoms with Crippen molar-refractivity contribution in [1.82, 2.24) is 10.4 Å². The number of hydrogen-bond donors (Lipinski definition) is 3. The van der Waals surface area contributed by atoms with E-state index in [-0.39, 0.29) is 17.4 Å². The monoisotopic (exact) mass is 434 g/mol. The molecule has 0 atom stereocenters. The van der Waals surface area contributed by atoms with Crippen molar-refractivity contribution < 1.29 is 18.0 Å². The molecule has 2 aliphatic rings. The summed E-state index contributed by atoms with van der Waals surface area (Å²) in [6, 6.07) is 5.06. The summed E-state index contributed by atoms with van der Waals surface area (Å²) in [7, 11) is 0. The van der Waals surface area contributed by atoms with Gasteiger partial charge in [-0.2, -0.15) is 23.6 Å². The van der Waals surface area contributed by atoms with Gasteiger partial charge in [-0.1, -0.05) is 23.2 Å². The summed E-state index contributed by atoms with van der Waals surface area (Å²) < 4.78 is 37.9. The molecule has 0 radical (unpaired) electrons. The van der Waals surface area contributed by atoms with E-state index >= 15 is 0 Å². The minimum atomic E-state index is -4.73. The van der Waals surface area contributed by atoms with Crippen molar-refractivity contribution in [3.63, 3.8) is 0 Å². The molecular formula is C16H15Cl2F3N6O. The van der Waals surface area contributed by atoms with E-state index in [1.165, 1.54) is 6.08 Å². The van der Waals surface area contributed by atoms with Crippen molar-refractivity contribution in [2.75, 3.05) is 13.1 Å². The normalized spacial score (nSPS) is 20.5. The molecule has 0 amide bonds. The van der Waals surface area contributed by atoms with Crippen molar-refractivity contribution >= 4 is 34.9 Å². The fourth-order valence-electron chi connectivity index (χ4n) is 2.56. The van der Waals surface area contributed by atoms with Gasteiger partial charge in [-0.15, -0.1) is 0 Å². The lowest BCUT2D eigenvalue weighted by molar-refractivity contribution is -0.0797. The first-order chi connectivity index (χ1) is 13.1. The molecule has 0 spiro atoms. The van der Waals surface area contributed by atoms with Crippen LogP contribution in [0.1, 0.15) is 5.56 Å². The Morgan fingerprint density at radius 3 is 2.79 bits per heavy atom. The minimum absolute atomic E-state index is 0.100. The number of nitrogens with two attached hydrogens (primary N) is 2. The molecule has 1 aromatic carbocycles. The lowest BCUT2D eigenvalue weighted by Gasteiger charge is -2.30. The molecule has 3 rings (SSSR count). The minimum Gasteiger partial charge on any atom is -0.396 e. The molecular weight excluding hydrogens is 420 g/mol. The molecule has 2 heterocycles. The van der Waals surface area contributed by atoms with Gasteiger partial charge in [-0.05, 0) is 29.8 Å². The molecule has 0 aromatic heterocycles. The lowest BCUT2D eigenvalue weighted by Crippen LogP contribution is -2.38. The van der Waals surface area contributed by atoms with Crippen LogP contribution in [-0.2, 0) is 11.4 Å². The highest BCUT2D eigenvalue weighted by atomic mass is 35.5. The van der Waals surface area contributed by atoms with Gasteiger partial charge in [0, 0.05) is 23.1 Å². The van der Waals surface area contributed by atoms with E-state index in [1.807, 2.05) is 10.4 Å². The summed E-state index contributed by atoms with van der Waals surface area (Å²) in [6.45, 7) is 1.29. The topological polar surface area (TPSA) is 101 Å². The SMILES string of the molecule is NC1=NCCN(Cc2cc(Cl)ccc2Cl)C1=CC(N)=C1N=C(C(F)(F)F)ON1. The highest BCUT2D eigenvalue weighted by molar-refractivity contribution is 6.33. The third-order valence-corrected chi connectivity index (χ3v) is 4.49. The lowest BCUT2D eigenvalue weighted by atomic mass is 10.1. The van der Waals surface area contributed by atoms with Gasteiger partial charge in [0.15, 0.2) is 5.82 Å². The Hall–Kier alpha value is -2.59. The first-order valence-corrected chi connectivity index (χ1v) is 8.70. The fourth-order valence-corrected chi connectivity index (χ4v) is 2.93. The number of benzene rings is 1. The van der Waals surface area contributed by atoms with Crippen LogP contribution >= 0.6 is 23.2 Å². The first kappa shape index (κ1) is 20.2. The van der Waals surface area contributed by atoms with Crippen LogP contribution < -0.4 is 16.9 Å². The van der Waals surface area contributed by atoms with E-state index in [9.17, 15) is 13.2 Å². The summed E-state index contributed by atoms with van der Waals surface area (Å²) >= 11 is 12.2. The van der Waals surface area contributed by atoms with E-state index in [1.54, 1.807) is 18.2 Å². The molecule has 0 unspecified atom stereocenters. The van der Waals surface area contributed by atoms with E-state index in [0.29, 0.717) is 35.4 Å². The smallest absolute Gasteiger partial charge is 0.396 e. The summed E-state index contributed by atoms with van der Waals surface area (Å²) in [6.07, 6.45) is -3.35. The van der Waals surface area contributed by atoms with Crippen molar-refractivity contribution in [3.05, 3.63) is 57.1 Å². The zero-order valence-electron chi connectivity index (χ0n) is 14.2. The van der Waals surface area contributed by atoms with Gasteiger partial charge in [-0.3, -0.25) is 4.99 Å². The Morgan fingerprint density at radius 2 is 2.11 bits per heavy atom. The maximum atomic E-state index is 12.6. The number of amidine groups is 1. The van der Waals surface area contributed by atoms with Gasteiger partial charge in [-0.25, -0.2) is 0 Å². The number of hydroxylamine groups is 1. The standard InChI is InChI=1S/C16H15Cl2F3N6O/c17-9-1-2-10(18)8(5-9)7-27-4-3-24-13(23)12(27)6-11(22)14-25-15(28-26-14)16(19,20)21/h1-2,5-6,26H,3-4,7,22H2,(H2,23,24). The zero-order chi connectivity index (χ0) is 20.5. The number of halogens is 5. The highest BCUT2D eigenvalue weighted by Gasteiger charge is 2.42. The summed E-state index contributed by atoms with van der Waals surface area (Å²) in [5, 5.41) is 1.04. The van der Waals surface area contributed by atoms with Crippen LogP contribution in [-0.4, -0.2) is 35.9 Å². The molecule has 0 saturated carbocycles. The van der Waals surface area contributed by atoms with E-state index in [0.717, 1.165) is 5.56 Å². The second-order valence-electron chi connectivity index (χ2n) is 5.88. The average Bonchev–Trinajstić information content (AvgIpc) is 3.11. The van der Waals surface area contributed by atoms with Gasteiger partial charge < -0.3 is 21.2 Å². The largest absolute Gasteiger partial charge is 0.471 e. The maximum absolute atomic E-state index is 12.6. The van der Waals surface area contributed by atoms with Crippen molar-refractivity contribution in [3.8, 4) is 0 Å². The van der Waals surface area contributed by atoms with Gasteiger partial charge in [0.05, 0.1) is 17.9 Å².